The lowest BCUT2D eigenvalue weighted by molar-refractivity contribution is 0.410. The van der Waals surface area contributed by atoms with Gasteiger partial charge in [0.05, 0.1) is 7.11 Å². The molecule has 0 saturated heterocycles. The minimum Gasteiger partial charge on any atom is -0.496 e. The van der Waals surface area contributed by atoms with Crippen LogP contribution in [0, 0.1) is 6.92 Å². The number of ether oxygens (including phenoxy) is 1. The first-order valence-corrected chi connectivity index (χ1v) is 9.19. The summed E-state index contributed by atoms with van der Waals surface area (Å²) in [6.07, 6.45) is 0.702. The van der Waals surface area contributed by atoms with Crippen molar-refractivity contribution in [1.82, 2.24) is 0 Å². The standard InChI is InChI=1S/C21H20O2P/c1-16-9-3-7-13-20(16)24(22)21-14-8-5-11-18(21)15-17-10-4-6-12-19(17)23-2/h3-14H,15H2,1-2H3/q+1. The van der Waals surface area contributed by atoms with Gasteiger partial charge >= 0.3 is 7.80 Å². The summed E-state index contributed by atoms with van der Waals surface area (Å²) in [5.74, 6) is 0.860. The van der Waals surface area contributed by atoms with Gasteiger partial charge in [-0.2, -0.15) is 0 Å². The molecular weight excluding hydrogens is 315 g/mol. The molecule has 0 amide bonds. The smallest absolute Gasteiger partial charge is 0.415 e. The third-order valence-corrected chi connectivity index (χ3v) is 5.93. The molecule has 120 valence electrons. The normalized spacial score (nSPS) is 11.2. The zero-order valence-electron chi connectivity index (χ0n) is 13.9. The molecule has 2 nitrogen and oxygen atoms in total. The predicted molar refractivity (Wildman–Crippen MR) is 100 cm³/mol. The van der Waals surface area contributed by atoms with Crippen LogP contribution in [-0.4, -0.2) is 7.11 Å². The summed E-state index contributed by atoms with van der Waals surface area (Å²) in [6.45, 7) is 2.01. The molecule has 3 rings (SSSR count). The molecule has 3 aromatic rings. The number of rotatable bonds is 5. The lowest BCUT2D eigenvalue weighted by atomic mass is 10.0. The Morgan fingerprint density at radius 2 is 1.38 bits per heavy atom. The van der Waals surface area contributed by atoms with Crippen molar-refractivity contribution in [3.05, 3.63) is 89.5 Å². The van der Waals surface area contributed by atoms with Crippen molar-refractivity contribution in [3.8, 4) is 5.75 Å². The fourth-order valence-electron chi connectivity index (χ4n) is 2.83. The molecule has 24 heavy (non-hydrogen) atoms. The van der Waals surface area contributed by atoms with Crippen LogP contribution < -0.4 is 15.3 Å². The molecule has 1 unspecified atom stereocenters. The lowest BCUT2D eigenvalue weighted by Crippen LogP contribution is -2.14. The average Bonchev–Trinajstić information content (AvgIpc) is 2.62. The van der Waals surface area contributed by atoms with Gasteiger partial charge in [-0.15, -0.1) is 0 Å². The molecule has 0 bridgehead atoms. The Morgan fingerprint density at radius 3 is 2.08 bits per heavy atom. The van der Waals surface area contributed by atoms with Crippen molar-refractivity contribution in [2.45, 2.75) is 13.3 Å². The minimum absolute atomic E-state index is 0.702. The first kappa shape index (κ1) is 16.4. The molecule has 0 fully saturated rings. The molecule has 3 heteroatoms. The third kappa shape index (κ3) is 3.39. The van der Waals surface area contributed by atoms with Gasteiger partial charge in [-0.3, -0.25) is 0 Å². The molecule has 0 heterocycles. The van der Waals surface area contributed by atoms with Gasteiger partial charge in [0.15, 0.2) is 10.6 Å². The molecule has 0 aliphatic heterocycles. The summed E-state index contributed by atoms with van der Waals surface area (Å²) >= 11 is 0. The summed E-state index contributed by atoms with van der Waals surface area (Å²) < 4.78 is 18.6. The summed E-state index contributed by atoms with van der Waals surface area (Å²) in [6, 6.07) is 23.8. The van der Waals surface area contributed by atoms with Gasteiger partial charge in [-0.05, 0) is 30.7 Å². The van der Waals surface area contributed by atoms with E-state index >= 15 is 0 Å². The maximum Gasteiger partial charge on any atom is 0.415 e. The highest BCUT2D eigenvalue weighted by atomic mass is 31.1. The quantitative estimate of drug-likeness (QED) is 0.647. The van der Waals surface area contributed by atoms with Crippen LogP contribution in [0.15, 0.2) is 72.8 Å². The van der Waals surface area contributed by atoms with Gasteiger partial charge in [0.25, 0.3) is 0 Å². The monoisotopic (exact) mass is 335 g/mol. The van der Waals surface area contributed by atoms with Crippen LogP contribution in [0.2, 0.25) is 0 Å². The van der Waals surface area contributed by atoms with Crippen LogP contribution in [-0.2, 0) is 11.0 Å². The molecule has 0 saturated carbocycles. The highest BCUT2D eigenvalue weighted by Gasteiger charge is 2.28. The third-order valence-electron chi connectivity index (χ3n) is 4.12. The number of para-hydroxylation sites is 1. The van der Waals surface area contributed by atoms with Crippen LogP contribution in [0.4, 0.5) is 0 Å². The second-order valence-corrected chi connectivity index (χ2v) is 7.25. The largest absolute Gasteiger partial charge is 0.496 e. The van der Waals surface area contributed by atoms with Gasteiger partial charge in [0, 0.05) is 17.5 Å². The van der Waals surface area contributed by atoms with E-state index in [-0.39, 0.29) is 0 Å². The SMILES string of the molecule is COc1ccccc1Cc1ccccc1[P+](=O)c1ccccc1C. The van der Waals surface area contributed by atoms with E-state index in [1.807, 2.05) is 73.7 Å². The van der Waals surface area contributed by atoms with Gasteiger partial charge in [0.2, 0.25) is 0 Å². The first-order valence-electron chi connectivity index (χ1n) is 7.93. The van der Waals surface area contributed by atoms with Gasteiger partial charge < -0.3 is 4.74 Å². The number of benzene rings is 3. The fraction of sp³-hybridized carbons (Fsp3) is 0.143. The molecule has 0 radical (unpaired) electrons. The maximum atomic E-state index is 13.1. The van der Waals surface area contributed by atoms with E-state index in [1.165, 1.54) is 0 Å². The Bertz CT molecular complexity index is 871. The Hall–Kier alpha value is -2.44. The number of methoxy groups -OCH3 is 1. The van der Waals surface area contributed by atoms with Crippen LogP contribution in [0.1, 0.15) is 16.7 Å². The molecule has 0 spiro atoms. The highest BCUT2D eigenvalue weighted by Crippen LogP contribution is 2.26. The molecule has 0 aliphatic carbocycles. The Morgan fingerprint density at radius 1 is 0.792 bits per heavy atom. The maximum absolute atomic E-state index is 13.1. The van der Waals surface area contributed by atoms with E-state index in [0.717, 1.165) is 33.0 Å². The summed E-state index contributed by atoms with van der Waals surface area (Å²) in [5, 5.41) is 1.80. The van der Waals surface area contributed by atoms with Crippen LogP contribution in [0.5, 0.6) is 5.75 Å². The molecule has 0 aliphatic rings. The van der Waals surface area contributed by atoms with E-state index < -0.39 is 7.80 Å². The van der Waals surface area contributed by atoms with E-state index in [9.17, 15) is 4.57 Å². The second-order valence-electron chi connectivity index (χ2n) is 5.70. The van der Waals surface area contributed by atoms with Crippen molar-refractivity contribution < 1.29 is 9.30 Å². The van der Waals surface area contributed by atoms with Crippen molar-refractivity contribution in [1.29, 1.82) is 0 Å². The molecule has 0 aromatic heterocycles. The fourth-order valence-corrected chi connectivity index (χ4v) is 4.35. The number of hydrogen-bond acceptors (Lipinski definition) is 2. The number of aryl methyl sites for hydroxylation is 1. The molecule has 3 aromatic carbocycles. The zero-order valence-corrected chi connectivity index (χ0v) is 14.8. The van der Waals surface area contributed by atoms with Crippen molar-refractivity contribution in [2.24, 2.45) is 0 Å². The second kappa shape index (κ2) is 7.42. The topological polar surface area (TPSA) is 26.3 Å². The van der Waals surface area contributed by atoms with Crippen molar-refractivity contribution in [2.75, 3.05) is 7.11 Å². The average molecular weight is 335 g/mol. The van der Waals surface area contributed by atoms with E-state index in [1.54, 1.807) is 7.11 Å². The van der Waals surface area contributed by atoms with Gasteiger partial charge in [0.1, 0.15) is 5.75 Å². The van der Waals surface area contributed by atoms with Gasteiger partial charge in [-0.1, -0.05) is 59.2 Å². The van der Waals surface area contributed by atoms with Gasteiger partial charge in [-0.25, -0.2) is 0 Å². The van der Waals surface area contributed by atoms with Crippen LogP contribution >= 0.6 is 7.80 Å². The minimum atomic E-state index is -1.61. The molecule has 1 atom stereocenters. The Balaban J connectivity index is 2.00. The van der Waals surface area contributed by atoms with Crippen LogP contribution in [0.3, 0.4) is 0 Å². The lowest BCUT2D eigenvalue weighted by Gasteiger charge is -2.08. The summed E-state index contributed by atoms with van der Waals surface area (Å²) in [5.41, 5.74) is 3.23. The number of hydrogen-bond donors (Lipinski definition) is 0. The summed E-state index contributed by atoms with van der Waals surface area (Å²) in [4.78, 5) is 0. The zero-order chi connectivity index (χ0) is 16.9. The summed E-state index contributed by atoms with van der Waals surface area (Å²) in [7, 11) is 0.0658. The molecule has 0 N–H and O–H groups in total. The van der Waals surface area contributed by atoms with E-state index in [0.29, 0.717) is 6.42 Å². The highest BCUT2D eigenvalue weighted by molar-refractivity contribution is 7.61. The Labute approximate surface area is 143 Å². The first-order chi connectivity index (χ1) is 11.7. The Kier molecular flexibility index (Phi) is 5.08. The predicted octanol–water partition coefficient (Wildman–Crippen LogP) is 4.37. The molecular formula is C21H20O2P+. The van der Waals surface area contributed by atoms with Crippen LogP contribution in [0.25, 0.3) is 0 Å². The van der Waals surface area contributed by atoms with Crippen molar-refractivity contribution >= 4 is 18.4 Å². The van der Waals surface area contributed by atoms with E-state index in [2.05, 4.69) is 6.07 Å². The van der Waals surface area contributed by atoms with Crippen molar-refractivity contribution in [3.63, 3.8) is 0 Å². The van der Waals surface area contributed by atoms with E-state index in [4.69, 9.17) is 4.74 Å².